The lowest BCUT2D eigenvalue weighted by molar-refractivity contribution is 0.529. The molecular formula is C13H9BrFN3OS2. The topological polar surface area (TPSA) is 64.9 Å². The summed E-state index contributed by atoms with van der Waals surface area (Å²) >= 11 is 6.19. The molecule has 2 heterocycles. The minimum absolute atomic E-state index is 0.345. The Hall–Kier alpha value is -1.38. The van der Waals surface area contributed by atoms with Crippen molar-refractivity contribution in [3.63, 3.8) is 0 Å². The number of nitrogen functional groups attached to an aromatic ring is 1. The van der Waals surface area contributed by atoms with E-state index >= 15 is 0 Å². The van der Waals surface area contributed by atoms with Gasteiger partial charge in [0.05, 0.1) is 14.4 Å². The van der Waals surface area contributed by atoms with Crippen LogP contribution in [0, 0.1) is 5.82 Å². The van der Waals surface area contributed by atoms with E-state index < -0.39 is 0 Å². The van der Waals surface area contributed by atoms with E-state index in [0.29, 0.717) is 28.1 Å². The third-order valence-electron chi connectivity index (χ3n) is 2.56. The molecule has 2 N–H and O–H groups in total. The molecule has 0 aliphatic rings. The van der Waals surface area contributed by atoms with E-state index in [-0.39, 0.29) is 5.82 Å². The van der Waals surface area contributed by atoms with Crippen molar-refractivity contribution in [1.82, 2.24) is 10.2 Å². The Morgan fingerprint density at radius 2 is 2.14 bits per heavy atom. The summed E-state index contributed by atoms with van der Waals surface area (Å²) < 4.78 is 20.2. The highest BCUT2D eigenvalue weighted by Gasteiger charge is 2.12. The van der Waals surface area contributed by atoms with E-state index in [0.717, 1.165) is 8.66 Å². The van der Waals surface area contributed by atoms with Crippen LogP contribution in [0.3, 0.4) is 0 Å². The molecule has 0 atom stereocenters. The average molecular weight is 386 g/mol. The molecule has 0 aliphatic heterocycles. The van der Waals surface area contributed by atoms with Crippen LogP contribution in [0.4, 0.5) is 10.1 Å². The molecule has 0 spiro atoms. The van der Waals surface area contributed by atoms with Crippen LogP contribution in [-0.2, 0) is 5.75 Å². The minimum atomic E-state index is -0.345. The van der Waals surface area contributed by atoms with Gasteiger partial charge in [-0.05, 0) is 46.3 Å². The number of aromatic nitrogens is 2. The highest BCUT2D eigenvalue weighted by molar-refractivity contribution is 9.11. The molecule has 0 aliphatic carbocycles. The second-order valence-corrected chi connectivity index (χ2v) is 7.56. The number of hydrogen-bond donors (Lipinski definition) is 1. The molecule has 0 fully saturated rings. The highest BCUT2D eigenvalue weighted by atomic mass is 79.9. The Bertz CT molecular complexity index is 774. The van der Waals surface area contributed by atoms with E-state index in [2.05, 4.69) is 26.1 Å². The lowest BCUT2D eigenvalue weighted by Crippen LogP contribution is -1.88. The first kappa shape index (κ1) is 14.6. The Kier molecular flexibility index (Phi) is 4.27. The van der Waals surface area contributed by atoms with Gasteiger partial charge in [0.1, 0.15) is 5.82 Å². The smallest absolute Gasteiger partial charge is 0.257 e. The number of hydrogen-bond acceptors (Lipinski definition) is 6. The molecule has 3 aromatic rings. The summed E-state index contributed by atoms with van der Waals surface area (Å²) in [6, 6.07) is 8.42. The molecule has 0 saturated carbocycles. The average Bonchev–Trinajstić information content (AvgIpc) is 3.06. The first-order valence-electron chi connectivity index (χ1n) is 5.88. The number of halogens is 2. The molecule has 21 heavy (non-hydrogen) atoms. The summed E-state index contributed by atoms with van der Waals surface area (Å²) in [7, 11) is 0. The van der Waals surface area contributed by atoms with E-state index in [1.54, 1.807) is 12.1 Å². The molecule has 0 saturated heterocycles. The number of benzene rings is 1. The molecule has 0 amide bonds. The first-order valence-corrected chi connectivity index (χ1v) is 8.47. The van der Waals surface area contributed by atoms with Crippen molar-refractivity contribution >= 4 is 44.7 Å². The van der Waals surface area contributed by atoms with Crippen molar-refractivity contribution in [3.8, 4) is 10.8 Å². The van der Waals surface area contributed by atoms with Crippen molar-refractivity contribution in [2.75, 3.05) is 5.73 Å². The zero-order valence-electron chi connectivity index (χ0n) is 10.5. The lowest BCUT2D eigenvalue weighted by Gasteiger charge is -2.01. The van der Waals surface area contributed by atoms with Gasteiger partial charge in [-0.1, -0.05) is 0 Å². The Labute approximate surface area is 136 Å². The minimum Gasteiger partial charge on any atom is -0.419 e. The molecule has 8 heteroatoms. The lowest BCUT2D eigenvalue weighted by atomic mass is 10.3. The van der Waals surface area contributed by atoms with Crippen LogP contribution in [0.2, 0.25) is 0 Å². The van der Waals surface area contributed by atoms with Crippen molar-refractivity contribution in [2.45, 2.75) is 10.6 Å². The van der Waals surface area contributed by atoms with Gasteiger partial charge in [-0.2, -0.15) is 0 Å². The molecule has 4 nitrogen and oxygen atoms in total. The van der Waals surface area contributed by atoms with Crippen molar-refractivity contribution in [1.29, 1.82) is 0 Å². The van der Waals surface area contributed by atoms with Crippen molar-refractivity contribution in [3.05, 3.63) is 45.8 Å². The Morgan fingerprint density at radius 1 is 1.29 bits per heavy atom. The summed E-state index contributed by atoms with van der Waals surface area (Å²) in [5.74, 6) is 0.983. The summed E-state index contributed by atoms with van der Waals surface area (Å²) in [6.45, 7) is 0. The van der Waals surface area contributed by atoms with Gasteiger partial charge in [-0.3, -0.25) is 0 Å². The fraction of sp³-hybridized carbons (Fsp3) is 0.0769. The van der Waals surface area contributed by atoms with E-state index in [1.807, 2.05) is 12.1 Å². The second kappa shape index (κ2) is 6.17. The monoisotopic (exact) mass is 385 g/mol. The van der Waals surface area contributed by atoms with Crippen LogP contribution in [0.15, 0.2) is 43.4 Å². The predicted molar refractivity (Wildman–Crippen MR) is 85.7 cm³/mol. The highest BCUT2D eigenvalue weighted by Crippen LogP contribution is 2.32. The normalized spacial score (nSPS) is 11.0. The molecule has 108 valence electrons. The number of thiophene rings is 1. The summed E-state index contributed by atoms with van der Waals surface area (Å²) in [5, 5.41) is 7.97. The van der Waals surface area contributed by atoms with E-state index in [9.17, 15) is 4.39 Å². The summed E-state index contributed by atoms with van der Waals surface area (Å²) in [4.78, 5) is 1.40. The quantitative estimate of drug-likeness (QED) is 0.526. The van der Waals surface area contributed by atoms with Crippen LogP contribution in [0.1, 0.15) is 5.89 Å². The van der Waals surface area contributed by atoms with E-state index in [4.69, 9.17) is 10.2 Å². The van der Waals surface area contributed by atoms with Gasteiger partial charge in [-0.15, -0.1) is 33.3 Å². The standard InChI is InChI=1S/C13H9BrFN3OS2/c14-11-4-3-10(21-11)13-18-17-12(19-13)6-20-9-2-1-7(16)5-8(9)15/h1-5H,6,16H2. The Morgan fingerprint density at radius 3 is 2.86 bits per heavy atom. The number of nitrogens with two attached hydrogens (primary N) is 1. The SMILES string of the molecule is Nc1ccc(SCc2nnc(-c3ccc(Br)s3)o2)c(F)c1. The van der Waals surface area contributed by atoms with E-state index in [1.165, 1.54) is 29.2 Å². The zero-order chi connectivity index (χ0) is 14.8. The summed E-state index contributed by atoms with van der Waals surface area (Å²) in [6.07, 6.45) is 0. The van der Waals surface area contributed by atoms with Crippen LogP contribution in [0.25, 0.3) is 10.8 Å². The predicted octanol–water partition coefficient (Wildman–Crippen LogP) is 4.57. The number of anilines is 1. The summed E-state index contributed by atoms with van der Waals surface area (Å²) in [5.41, 5.74) is 5.91. The molecule has 3 rings (SSSR count). The largest absolute Gasteiger partial charge is 0.419 e. The zero-order valence-corrected chi connectivity index (χ0v) is 13.8. The molecule has 0 bridgehead atoms. The second-order valence-electron chi connectivity index (χ2n) is 4.08. The maximum Gasteiger partial charge on any atom is 0.257 e. The first-order chi connectivity index (χ1) is 10.1. The van der Waals surface area contributed by atoms with Gasteiger partial charge < -0.3 is 10.2 Å². The maximum absolute atomic E-state index is 13.7. The molecule has 1 aromatic carbocycles. The van der Waals surface area contributed by atoms with Gasteiger partial charge in [0.2, 0.25) is 5.89 Å². The van der Waals surface area contributed by atoms with Gasteiger partial charge in [0.15, 0.2) is 0 Å². The third kappa shape index (κ3) is 3.45. The number of nitrogens with zero attached hydrogens (tertiary/aromatic N) is 2. The maximum atomic E-state index is 13.7. The van der Waals surface area contributed by atoms with Gasteiger partial charge >= 0.3 is 0 Å². The number of thioether (sulfide) groups is 1. The molecule has 0 unspecified atom stereocenters. The molecular weight excluding hydrogens is 377 g/mol. The third-order valence-corrected chi connectivity index (χ3v) is 5.20. The van der Waals surface area contributed by atoms with Crippen LogP contribution >= 0.6 is 39.0 Å². The van der Waals surface area contributed by atoms with Gasteiger partial charge in [0.25, 0.3) is 5.89 Å². The van der Waals surface area contributed by atoms with Crippen LogP contribution in [0.5, 0.6) is 0 Å². The van der Waals surface area contributed by atoms with Crippen LogP contribution < -0.4 is 5.73 Å². The number of rotatable bonds is 4. The fourth-order valence-corrected chi connectivity index (χ4v) is 3.68. The van der Waals surface area contributed by atoms with Gasteiger partial charge in [0, 0.05) is 10.6 Å². The van der Waals surface area contributed by atoms with Crippen molar-refractivity contribution < 1.29 is 8.81 Å². The fourth-order valence-electron chi connectivity index (χ4n) is 1.61. The van der Waals surface area contributed by atoms with Crippen molar-refractivity contribution in [2.24, 2.45) is 0 Å². The van der Waals surface area contributed by atoms with Gasteiger partial charge in [-0.25, -0.2) is 4.39 Å². The Balaban J connectivity index is 1.70. The molecule has 0 radical (unpaired) electrons. The molecule has 2 aromatic heterocycles. The van der Waals surface area contributed by atoms with Crippen LogP contribution in [-0.4, -0.2) is 10.2 Å².